The van der Waals surface area contributed by atoms with Gasteiger partial charge in [-0.05, 0) is 18.6 Å². The van der Waals surface area contributed by atoms with Gasteiger partial charge in [-0.25, -0.2) is 0 Å². The second-order valence-electron chi connectivity index (χ2n) is 3.31. The van der Waals surface area contributed by atoms with Gasteiger partial charge in [-0.3, -0.25) is 4.99 Å². The molecular weight excluding hydrogens is 174 g/mol. The van der Waals surface area contributed by atoms with Gasteiger partial charge in [-0.15, -0.1) is 0 Å². The molecule has 0 saturated heterocycles. The molecule has 0 saturated carbocycles. The topological polar surface area (TPSA) is 36.4 Å². The Kier molecular flexibility index (Phi) is 2.68. The number of rotatable bonds is 2. The fraction of sp³-hybridized carbons (Fsp3) is 0.364. The third kappa shape index (κ3) is 1.71. The second-order valence-corrected chi connectivity index (χ2v) is 3.31. The number of hydrogen-bond acceptors (Lipinski definition) is 3. The second kappa shape index (κ2) is 4.13. The summed E-state index contributed by atoms with van der Waals surface area (Å²) in [5.74, 6) is 1.02. The van der Waals surface area contributed by atoms with E-state index in [9.17, 15) is 0 Å². The van der Waals surface area contributed by atoms with Gasteiger partial charge in [-0.2, -0.15) is 0 Å². The van der Waals surface area contributed by atoms with Crippen LogP contribution in [-0.4, -0.2) is 26.0 Å². The maximum absolute atomic E-state index is 4.47. The number of para-hydroxylation sites is 1. The Morgan fingerprint density at radius 2 is 2.21 bits per heavy atom. The molecule has 0 aliphatic carbocycles. The van der Waals surface area contributed by atoms with Gasteiger partial charge in [0.15, 0.2) is 0 Å². The highest BCUT2D eigenvalue weighted by atomic mass is 15.0. The molecule has 1 aromatic carbocycles. The summed E-state index contributed by atoms with van der Waals surface area (Å²) in [7, 11) is 1.93. The van der Waals surface area contributed by atoms with Crippen molar-refractivity contribution in [1.29, 1.82) is 0 Å². The summed E-state index contributed by atoms with van der Waals surface area (Å²) < 4.78 is 0. The molecule has 0 atom stereocenters. The smallest absolute Gasteiger partial charge is 0.130 e. The molecule has 0 bridgehead atoms. The first-order valence-corrected chi connectivity index (χ1v) is 4.97. The van der Waals surface area contributed by atoms with Crippen molar-refractivity contribution < 1.29 is 0 Å². The molecule has 74 valence electrons. The van der Waals surface area contributed by atoms with Crippen LogP contribution in [0.4, 0.5) is 5.69 Å². The van der Waals surface area contributed by atoms with E-state index in [0.717, 1.165) is 36.6 Å². The molecule has 2 N–H and O–H groups in total. The first-order chi connectivity index (χ1) is 6.92. The maximum Gasteiger partial charge on any atom is 0.130 e. The minimum absolute atomic E-state index is 0.931. The van der Waals surface area contributed by atoms with E-state index in [0.29, 0.717) is 0 Å². The van der Waals surface area contributed by atoms with E-state index in [1.165, 1.54) is 0 Å². The van der Waals surface area contributed by atoms with E-state index in [1.54, 1.807) is 0 Å². The maximum atomic E-state index is 4.47. The highest BCUT2D eigenvalue weighted by molar-refractivity contribution is 6.03. The van der Waals surface area contributed by atoms with Crippen molar-refractivity contribution in [2.24, 2.45) is 4.99 Å². The molecule has 14 heavy (non-hydrogen) atoms. The van der Waals surface area contributed by atoms with Crippen LogP contribution in [-0.2, 0) is 0 Å². The average molecular weight is 189 g/mol. The van der Waals surface area contributed by atoms with Crippen molar-refractivity contribution in [3.8, 4) is 0 Å². The normalized spacial score (nSPS) is 15.6. The molecule has 3 heteroatoms. The highest BCUT2D eigenvalue weighted by Gasteiger charge is 2.09. The lowest BCUT2D eigenvalue weighted by Crippen LogP contribution is -2.30. The molecule has 0 radical (unpaired) electrons. The van der Waals surface area contributed by atoms with Gasteiger partial charge >= 0.3 is 0 Å². The summed E-state index contributed by atoms with van der Waals surface area (Å²) in [5.41, 5.74) is 2.29. The van der Waals surface area contributed by atoms with Crippen LogP contribution in [0, 0.1) is 0 Å². The Bertz CT molecular complexity index is 344. The van der Waals surface area contributed by atoms with Gasteiger partial charge in [-0.1, -0.05) is 12.1 Å². The fourth-order valence-electron chi connectivity index (χ4n) is 1.62. The summed E-state index contributed by atoms with van der Waals surface area (Å²) in [4.78, 5) is 4.47. The van der Waals surface area contributed by atoms with E-state index < -0.39 is 0 Å². The average Bonchev–Trinajstić information content (AvgIpc) is 2.30. The predicted octanol–water partition coefficient (Wildman–Crippen LogP) is 1.47. The van der Waals surface area contributed by atoms with Gasteiger partial charge in [0, 0.05) is 31.4 Å². The number of benzene rings is 1. The van der Waals surface area contributed by atoms with Crippen molar-refractivity contribution in [2.45, 2.75) is 6.42 Å². The number of aliphatic imine (C=N–C) groups is 1. The first kappa shape index (κ1) is 9.06. The zero-order chi connectivity index (χ0) is 9.80. The van der Waals surface area contributed by atoms with E-state index in [4.69, 9.17) is 0 Å². The molecule has 1 heterocycles. The number of anilines is 1. The van der Waals surface area contributed by atoms with E-state index in [-0.39, 0.29) is 0 Å². The standard InChI is InChI=1S/C11H15N3/c1-12-10-6-3-2-5-9(10)11-13-7-4-8-14-11/h2-3,5-6,12H,4,7-8H2,1H3,(H,13,14). The van der Waals surface area contributed by atoms with Gasteiger partial charge < -0.3 is 10.6 Å². The Morgan fingerprint density at radius 1 is 1.36 bits per heavy atom. The Labute approximate surface area is 84.2 Å². The largest absolute Gasteiger partial charge is 0.388 e. The van der Waals surface area contributed by atoms with Crippen LogP contribution in [0.2, 0.25) is 0 Å². The molecular formula is C11H15N3. The molecule has 1 aromatic rings. The third-order valence-electron chi connectivity index (χ3n) is 2.35. The number of hydrogen-bond donors (Lipinski definition) is 2. The monoisotopic (exact) mass is 189 g/mol. The van der Waals surface area contributed by atoms with Crippen LogP contribution >= 0.6 is 0 Å². The number of nitrogens with one attached hydrogen (secondary N) is 2. The minimum Gasteiger partial charge on any atom is -0.388 e. The molecule has 1 aliphatic rings. The van der Waals surface area contributed by atoms with Crippen molar-refractivity contribution >= 4 is 11.5 Å². The summed E-state index contributed by atoms with van der Waals surface area (Å²) >= 11 is 0. The summed E-state index contributed by atoms with van der Waals surface area (Å²) in [5, 5.41) is 6.49. The van der Waals surface area contributed by atoms with Crippen molar-refractivity contribution in [3.63, 3.8) is 0 Å². The first-order valence-electron chi connectivity index (χ1n) is 4.97. The zero-order valence-electron chi connectivity index (χ0n) is 8.38. The van der Waals surface area contributed by atoms with Gasteiger partial charge in [0.25, 0.3) is 0 Å². The third-order valence-corrected chi connectivity index (χ3v) is 2.35. The molecule has 2 rings (SSSR count). The van der Waals surface area contributed by atoms with Gasteiger partial charge in [0.2, 0.25) is 0 Å². The van der Waals surface area contributed by atoms with Crippen LogP contribution in [0.15, 0.2) is 29.3 Å². The predicted molar refractivity (Wildman–Crippen MR) is 60.0 cm³/mol. The van der Waals surface area contributed by atoms with Crippen LogP contribution in [0.25, 0.3) is 0 Å². The quantitative estimate of drug-likeness (QED) is 0.739. The summed E-state index contributed by atoms with van der Waals surface area (Å²) in [6.45, 7) is 1.96. The summed E-state index contributed by atoms with van der Waals surface area (Å²) in [6.07, 6.45) is 1.13. The lowest BCUT2D eigenvalue weighted by molar-refractivity contribution is 0.742. The van der Waals surface area contributed by atoms with E-state index in [1.807, 2.05) is 19.2 Å². The fourth-order valence-corrected chi connectivity index (χ4v) is 1.62. The molecule has 0 aromatic heterocycles. The molecule has 0 amide bonds. The molecule has 0 fully saturated rings. The van der Waals surface area contributed by atoms with Gasteiger partial charge in [0.1, 0.15) is 5.84 Å². The number of nitrogens with zero attached hydrogens (tertiary/aromatic N) is 1. The van der Waals surface area contributed by atoms with Crippen LogP contribution in [0.5, 0.6) is 0 Å². The Morgan fingerprint density at radius 3 is 2.93 bits per heavy atom. The lowest BCUT2D eigenvalue weighted by atomic mass is 10.1. The summed E-state index contributed by atoms with van der Waals surface area (Å²) in [6, 6.07) is 8.21. The Balaban J connectivity index is 2.34. The van der Waals surface area contributed by atoms with Crippen molar-refractivity contribution in [3.05, 3.63) is 29.8 Å². The molecule has 0 unspecified atom stereocenters. The van der Waals surface area contributed by atoms with Gasteiger partial charge in [0.05, 0.1) is 0 Å². The number of amidine groups is 1. The van der Waals surface area contributed by atoms with Crippen LogP contribution in [0.1, 0.15) is 12.0 Å². The SMILES string of the molecule is CNc1ccccc1C1=NCCCN1. The zero-order valence-corrected chi connectivity index (χ0v) is 8.38. The molecule has 1 aliphatic heterocycles. The molecule has 0 spiro atoms. The van der Waals surface area contributed by atoms with Crippen molar-refractivity contribution in [1.82, 2.24) is 5.32 Å². The highest BCUT2D eigenvalue weighted by Crippen LogP contribution is 2.15. The molecule has 3 nitrogen and oxygen atoms in total. The van der Waals surface area contributed by atoms with E-state index in [2.05, 4.69) is 27.8 Å². The lowest BCUT2D eigenvalue weighted by Gasteiger charge is -2.17. The van der Waals surface area contributed by atoms with Crippen molar-refractivity contribution in [2.75, 3.05) is 25.5 Å². The Hall–Kier alpha value is -1.51. The van der Waals surface area contributed by atoms with Crippen LogP contribution in [0.3, 0.4) is 0 Å². The minimum atomic E-state index is 0.931. The van der Waals surface area contributed by atoms with Crippen LogP contribution < -0.4 is 10.6 Å². The van der Waals surface area contributed by atoms with E-state index >= 15 is 0 Å².